The first-order valence-corrected chi connectivity index (χ1v) is 6.48. The summed E-state index contributed by atoms with van der Waals surface area (Å²) in [6.45, 7) is 7.41. The highest BCUT2D eigenvalue weighted by Gasteiger charge is 2.27. The molecule has 0 aliphatic carbocycles. The number of rotatable bonds is 1. The zero-order chi connectivity index (χ0) is 13.3. The maximum Gasteiger partial charge on any atom is 0.255 e. The van der Waals surface area contributed by atoms with Crippen LogP contribution in [0.25, 0.3) is 0 Å². The van der Waals surface area contributed by atoms with E-state index in [9.17, 15) is 4.79 Å². The van der Waals surface area contributed by atoms with Crippen molar-refractivity contribution in [3.63, 3.8) is 0 Å². The molecule has 1 fully saturated rings. The highest BCUT2D eigenvalue weighted by molar-refractivity contribution is 5.95. The molecule has 4 heteroatoms. The van der Waals surface area contributed by atoms with Gasteiger partial charge in [0.1, 0.15) is 0 Å². The maximum absolute atomic E-state index is 12.4. The molecule has 2 atom stereocenters. The van der Waals surface area contributed by atoms with Gasteiger partial charge >= 0.3 is 0 Å². The number of nitrogens with two attached hydrogens (primary N) is 1. The van der Waals surface area contributed by atoms with Crippen LogP contribution in [0.3, 0.4) is 0 Å². The Kier molecular flexibility index (Phi) is 3.66. The summed E-state index contributed by atoms with van der Waals surface area (Å²) in [5, 5.41) is 0. The minimum absolute atomic E-state index is 0.0822. The smallest absolute Gasteiger partial charge is 0.255 e. The molecule has 4 nitrogen and oxygen atoms in total. The first-order chi connectivity index (χ1) is 8.49. The number of hydrogen-bond acceptors (Lipinski definition) is 3. The second-order valence-electron chi connectivity index (χ2n) is 5.27. The first-order valence-electron chi connectivity index (χ1n) is 6.48. The first kappa shape index (κ1) is 13.0. The molecule has 1 aromatic heterocycles. The van der Waals surface area contributed by atoms with Crippen molar-refractivity contribution in [2.45, 2.75) is 33.2 Å². The molecule has 2 heterocycles. The molecular weight excluding hydrogens is 226 g/mol. The van der Waals surface area contributed by atoms with Crippen LogP contribution < -0.4 is 5.73 Å². The molecule has 0 spiro atoms. The van der Waals surface area contributed by atoms with E-state index in [-0.39, 0.29) is 11.9 Å². The van der Waals surface area contributed by atoms with Gasteiger partial charge in [-0.05, 0) is 38.3 Å². The molecule has 2 rings (SSSR count). The van der Waals surface area contributed by atoms with E-state index in [1.807, 2.05) is 30.9 Å². The van der Waals surface area contributed by atoms with E-state index >= 15 is 0 Å². The fraction of sp³-hybridized carbons (Fsp3) is 0.571. The number of carbonyl (C=O) groups excluding carboxylic acids is 1. The monoisotopic (exact) mass is 247 g/mol. The number of piperidine rings is 1. The van der Waals surface area contributed by atoms with Gasteiger partial charge in [0.05, 0.1) is 11.3 Å². The quantitative estimate of drug-likeness (QED) is 0.818. The number of hydrogen-bond donors (Lipinski definition) is 1. The average Bonchev–Trinajstić information content (AvgIpc) is 2.32. The minimum atomic E-state index is 0.0822. The molecule has 0 radical (unpaired) electrons. The van der Waals surface area contributed by atoms with E-state index in [0.717, 1.165) is 30.9 Å². The van der Waals surface area contributed by atoms with Crippen molar-refractivity contribution in [2.24, 2.45) is 11.7 Å². The molecule has 0 saturated carbocycles. The second-order valence-corrected chi connectivity index (χ2v) is 5.27. The van der Waals surface area contributed by atoms with Crippen LogP contribution >= 0.6 is 0 Å². The number of aromatic nitrogens is 1. The van der Waals surface area contributed by atoms with Gasteiger partial charge in [0.25, 0.3) is 5.91 Å². The molecule has 2 unspecified atom stereocenters. The number of carbonyl (C=O) groups is 1. The van der Waals surface area contributed by atoms with Gasteiger partial charge in [-0.25, -0.2) is 0 Å². The fourth-order valence-electron chi connectivity index (χ4n) is 2.43. The molecule has 2 N–H and O–H groups in total. The van der Waals surface area contributed by atoms with Gasteiger partial charge in [-0.3, -0.25) is 9.78 Å². The molecule has 1 aliphatic rings. The minimum Gasteiger partial charge on any atom is -0.338 e. The van der Waals surface area contributed by atoms with Gasteiger partial charge in [0.15, 0.2) is 0 Å². The van der Waals surface area contributed by atoms with Crippen LogP contribution in [0.15, 0.2) is 12.1 Å². The third kappa shape index (κ3) is 2.53. The standard InChI is InChI=1S/C14H21N3O/c1-9-8-17(7-6-13(9)15)14(18)12-5-4-10(2)16-11(12)3/h4-5,9,13H,6-8,15H2,1-3H3. The molecule has 98 valence electrons. The van der Waals surface area contributed by atoms with Gasteiger partial charge in [-0.1, -0.05) is 6.92 Å². The van der Waals surface area contributed by atoms with Gasteiger partial charge in [-0.2, -0.15) is 0 Å². The Hall–Kier alpha value is -1.42. The van der Waals surface area contributed by atoms with E-state index in [2.05, 4.69) is 11.9 Å². The van der Waals surface area contributed by atoms with Crippen LogP contribution in [-0.2, 0) is 0 Å². The maximum atomic E-state index is 12.4. The summed E-state index contributed by atoms with van der Waals surface area (Å²) in [6, 6.07) is 3.98. The van der Waals surface area contributed by atoms with E-state index < -0.39 is 0 Å². The number of pyridine rings is 1. The van der Waals surface area contributed by atoms with Crippen molar-refractivity contribution in [1.82, 2.24) is 9.88 Å². The third-order valence-corrected chi connectivity index (χ3v) is 3.71. The number of amides is 1. The lowest BCUT2D eigenvalue weighted by Crippen LogP contribution is -2.48. The van der Waals surface area contributed by atoms with Gasteiger partial charge in [0.2, 0.25) is 0 Å². The van der Waals surface area contributed by atoms with Gasteiger partial charge in [-0.15, -0.1) is 0 Å². The summed E-state index contributed by atoms with van der Waals surface area (Å²) in [4.78, 5) is 18.7. The van der Waals surface area contributed by atoms with Crippen molar-refractivity contribution >= 4 is 5.91 Å². The lowest BCUT2D eigenvalue weighted by atomic mass is 9.94. The SMILES string of the molecule is Cc1ccc(C(=O)N2CCC(N)C(C)C2)c(C)n1. The summed E-state index contributed by atoms with van der Waals surface area (Å²) in [5.74, 6) is 0.445. The summed E-state index contributed by atoms with van der Waals surface area (Å²) in [6.07, 6.45) is 0.880. The van der Waals surface area contributed by atoms with Crippen LogP contribution in [0.1, 0.15) is 35.1 Å². The largest absolute Gasteiger partial charge is 0.338 e. The number of nitrogens with zero attached hydrogens (tertiary/aromatic N) is 2. The van der Waals surface area contributed by atoms with Gasteiger partial charge < -0.3 is 10.6 Å². The highest BCUT2D eigenvalue weighted by atomic mass is 16.2. The van der Waals surface area contributed by atoms with Crippen molar-refractivity contribution in [3.05, 3.63) is 29.1 Å². The molecule has 1 aromatic rings. The highest BCUT2D eigenvalue weighted by Crippen LogP contribution is 2.18. The average molecular weight is 247 g/mol. The zero-order valence-electron chi connectivity index (χ0n) is 11.3. The Morgan fingerprint density at radius 3 is 2.78 bits per heavy atom. The molecule has 0 bridgehead atoms. The molecule has 1 saturated heterocycles. The molecule has 1 amide bonds. The molecular formula is C14H21N3O. The van der Waals surface area contributed by atoms with Crippen LogP contribution in [0.4, 0.5) is 0 Å². The van der Waals surface area contributed by atoms with E-state index in [1.165, 1.54) is 0 Å². The lowest BCUT2D eigenvalue weighted by Gasteiger charge is -2.35. The van der Waals surface area contributed by atoms with Crippen molar-refractivity contribution in [2.75, 3.05) is 13.1 Å². The van der Waals surface area contributed by atoms with Crippen LogP contribution in [0.5, 0.6) is 0 Å². The Labute approximate surface area is 108 Å². The Balaban J connectivity index is 2.16. The summed E-state index contributed by atoms with van der Waals surface area (Å²) in [7, 11) is 0. The lowest BCUT2D eigenvalue weighted by molar-refractivity contribution is 0.0663. The van der Waals surface area contributed by atoms with Gasteiger partial charge in [0, 0.05) is 24.8 Å². The summed E-state index contributed by atoms with van der Waals surface area (Å²) < 4.78 is 0. The van der Waals surface area contributed by atoms with Crippen molar-refractivity contribution in [3.8, 4) is 0 Å². The van der Waals surface area contributed by atoms with E-state index in [0.29, 0.717) is 11.5 Å². The Morgan fingerprint density at radius 1 is 1.44 bits per heavy atom. The van der Waals surface area contributed by atoms with Crippen molar-refractivity contribution in [1.29, 1.82) is 0 Å². The fourth-order valence-corrected chi connectivity index (χ4v) is 2.43. The number of likely N-dealkylation sites (tertiary alicyclic amines) is 1. The number of aryl methyl sites for hydroxylation is 2. The van der Waals surface area contributed by atoms with Crippen LogP contribution in [-0.4, -0.2) is 34.9 Å². The summed E-state index contributed by atoms with van der Waals surface area (Å²) >= 11 is 0. The molecule has 0 aromatic carbocycles. The van der Waals surface area contributed by atoms with Crippen molar-refractivity contribution < 1.29 is 4.79 Å². The predicted octanol–water partition coefficient (Wildman–Crippen LogP) is 1.51. The molecule has 18 heavy (non-hydrogen) atoms. The summed E-state index contributed by atoms with van der Waals surface area (Å²) in [5.41, 5.74) is 8.44. The Bertz CT molecular complexity index is 458. The van der Waals surface area contributed by atoms with Crippen LogP contribution in [0, 0.1) is 19.8 Å². The molecule has 1 aliphatic heterocycles. The van der Waals surface area contributed by atoms with E-state index in [1.54, 1.807) is 0 Å². The Morgan fingerprint density at radius 2 is 2.17 bits per heavy atom. The predicted molar refractivity (Wildman–Crippen MR) is 71.4 cm³/mol. The second kappa shape index (κ2) is 5.06. The topological polar surface area (TPSA) is 59.2 Å². The third-order valence-electron chi connectivity index (χ3n) is 3.71. The zero-order valence-corrected chi connectivity index (χ0v) is 11.3. The van der Waals surface area contributed by atoms with Crippen LogP contribution in [0.2, 0.25) is 0 Å². The van der Waals surface area contributed by atoms with E-state index in [4.69, 9.17) is 5.73 Å². The normalized spacial score (nSPS) is 24.1.